The highest BCUT2D eigenvalue weighted by Crippen LogP contribution is 2.25. The summed E-state index contributed by atoms with van der Waals surface area (Å²) in [5.74, 6) is -1.33. The molecular weight excluding hydrogens is 278 g/mol. The van der Waals surface area contributed by atoms with Gasteiger partial charge in [-0.15, -0.1) is 5.10 Å². The lowest BCUT2D eigenvalue weighted by Crippen LogP contribution is -2.48. The molecule has 7 heteroatoms. The Morgan fingerprint density at radius 1 is 1.30 bits per heavy atom. The van der Waals surface area contributed by atoms with E-state index in [4.69, 9.17) is 0 Å². The van der Waals surface area contributed by atoms with Crippen LogP contribution in [0.25, 0.3) is 0 Å². The molecular formula is C13H11N3O3S. The van der Waals surface area contributed by atoms with Crippen LogP contribution < -0.4 is 0 Å². The first-order valence-electron chi connectivity index (χ1n) is 6.04. The fraction of sp³-hybridized carbons (Fsp3) is 0.231. The summed E-state index contributed by atoms with van der Waals surface area (Å²) in [4.78, 5) is 25.5. The zero-order valence-corrected chi connectivity index (χ0v) is 11.2. The summed E-state index contributed by atoms with van der Waals surface area (Å²) in [6.45, 7) is 0.296. The third-order valence-electron chi connectivity index (χ3n) is 3.37. The zero-order valence-electron chi connectivity index (χ0n) is 10.4. The molecule has 0 saturated carbocycles. The predicted octanol–water partition coefficient (Wildman–Crippen LogP) is 1.19. The molecule has 102 valence electrons. The van der Waals surface area contributed by atoms with Crippen LogP contribution in [0.3, 0.4) is 0 Å². The van der Waals surface area contributed by atoms with Crippen molar-refractivity contribution < 1.29 is 14.7 Å². The van der Waals surface area contributed by atoms with Gasteiger partial charge in [-0.25, -0.2) is 4.79 Å². The van der Waals surface area contributed by atoms with Gasteiger partial charge in [0, 0.05) is 13.0 Å². The number of hydrogen-bond acceptors (Lipinski definition) is 5. The number of carboxylic acids is 1. The minimum absolute atomic E-state index is 0.296. The topological polar surface area (TPSA) is 83.4 Å². The Balaban J connectivity index is 1.96. The Hall–Kier alpha value is -2.28. The summed E-state index contributed by atoms with van der Waals surface area (Å²) in [5, 5.41) is 13.0. The molecule has 6 nitrogen and oxygen atoms in total. The van der Waals surface area contributed by atoms with Crippen LogP contribution in [0.1, 0.15) is 20.8 Å². The molecule has 1 aliphatic heterocycles. The number of benzene rings is 1. The molecule has 0 spiro atoms. The number of rotatable bonds is 2. The van der Waals surface area contributed by atoms with E-state index in [9.17, 15) is 14.7 Å². The first-order chi connectivity index (χ1) is 9.66. The van der Waals surface area contributed by atoms with Gasteiger partial charge in [0.05, 0.1) is 6.20 Å². The normalized spacial score (nSPS) is 17.6. The number of carboxylic acid groups (broad SMARTS) is 1. The lowest BCUT2D eigenvalue weighted by Gasteiger charge is -2.34. The number of carbonyl (C=O) groups is 2. The van der Waals surface area contributed by atoms with E-state index in [-0.39, 0.29) is 5.91 Å². The summed E-state index contributed by atoms with van der Waals surface area (Å²) >= 11 is 0.974. The summed E-state index contributed by atoms with van der Waals surface area (Å²) in [7, 11) is 0. The monoisotopic (exact) mass is 289 g/mol. The molecule has 1 N–H and O–H groups in total. The first-order valence-corrected chi connectivity index (χ1v) is 6.82. The van der Waals surface area contributed by atoms with Crippen molar-refractivity contribution in [3.63, 3.8) is 0 Å². The third kappa shape index (κ3) is 2.16. The average Bonchev–Trinajstić information content (AvgIpc) is 2.99. The van der Waals surface area contributed by atoms with Gasteiger partial charge < -0.3 is 10.0 Å². The van der Waals surface area contributed by atoms with E-state index in [0.717, 1.165) is 22.7 Å². The molecule has 0 unspecified atom stereocenters. The lowest BCUT2D eigenvalue weighted by molar-refractivity contribution is -0.142. The van der Waals surface area contributed by atoms with Crippen molar-refractivity contribution in [2.45, 2.75) is 19.0 Å². The molecule has 0 fully saturated rings. The fourth-order valence-corrected chi connectivity index (χ4v) is 2.83. The van der Waals surface area contributed by atoms with Crippen molar-refractivity contribution >= 4 is 23.4 Å². The van der Waals surface area contributed by atoms with Gasteiger partial charge in [-0.2, -0.15) is 0 Å². The molecule has 0 bridgehead atoms. The van der Waals surface area contributed by atoms with Crippen LogP contribution in [0.2, 0.25) is 0 Å². The van der Waals surface area contributed by atoms with Gasteiger partial charge in [-0.1, -0.05) is 28.8 Å². The van der Waals surface area contributed by atoms with Gasteiger partial charge in [0.2, 0.25) is 0 Å². The number of hydrogen-bond donors (Lipinski definition) is 1. The number of fused-ring (bicyclic) bond motifs is 1. The largest absolute Gasteiger partial charge is 0.480 e. The zero-order chi connectivity index (χ0) is 14.1. The Labute approximate surface area is 118 Å². The van der Waals surface area contributed by atoms with Crippen molar-refractivity contribution in [2.75, 3.05) is 0 Å². The van der Waals surface area contributed by atoms with Crippen LogP contribution in [0.4, 0.5) is 0 Å². The van der Waals surface area contributed by atoms with Crippen LogP contribution in [0.15, 0.2) is 30.5 Å². The van der Waals surface area contributed by atoms with Crippen LogP contribution in [-0.4, -0.2) is 37.5 Å². The van der Waals surface area contributed by atoms with Crippen LogP contribution in [0, 0.1) is 0 Å². The second-order valence-corrected chi connectivity index (χ2v) is 5.33. The summed E-state index contributed by atoms with van der Waals surface area (Å²) in [6, 6.07) is 6.73. The highest BCUT2D eigenvalue weighted by Gasteiger charge is 2.35. The predicted molar refractivity (Wildman–Crippen MR) is 71.4 cm³/mol. The average molecular weight is 289 g/mol. The highest BCUT2D eigenvalue weighted by molar-refractivity contribution is 7.07. The Bertz CT molecular complexity index is 657. The quantitative estimate of drug-likeness (QED) is 0.898. The van der Waals surface area contributed by atoms with E-state index < -0.39 is 12.0 Å². The standard InChI is InChI=1S/C13H11N3O3S/c17-12(11-6-14-15-20-11)16-7-9-4-2-1-3-8(9)5-10(16)13(18)19/h1-4,6,10H,5,7H2,(H,18,19)/t10-/m0/s1. The highest BCUT2D eigenvalue weighted by atomic mass is 32.1. The van der Waals surface area contributed by atoms with Crippen LogP contribution >= 0.6 is 11.5 Å². The molecule has 1 aliphatic rings. The maximum Gasteiger partial charge on any atom is 0.326 e. The SMILES string of the molecule is O=C(O)[C@@H]1Cc2ccccc2CN1C(=O)c1cnns1. The molecule has 3 rings (SSSR count). The molecule has 1 aromatic heterocycles. The van der Waals surface area contributed by atoms with Gasteiger partial charge in [0.25, 0.3) is 5.91 Å². The number of aromatic nitrogens is 2. The van der Waals surface area contributed by atoms with Crippen molar-refractivity contribution in [1.29, 1.82) is 0 Å². The van der Waals surface area contributed by atoms with Gasteiger partial charge in [-0.05, 0) is 22.7 Å². The lowest BCUT2D eigenvalue weighted by atomic mass is 9.94. The molecule has 1 aromatic carbocycles. The first kappa shape index (κ1) is 12.7. The second kappa shape index (κ2) is 5.01. The molecule has 0 aliphatic carbocycles. The molecule has 0 radical (unpaired) electrons. The number of carbonyl (C=O) groups excluding carboxylic acids is 1. The minimum Gasteiger partial charge on any atom is -0.480 e. The molecule has 1 amide bonds. The number of nitrogens with zero attached hydrogens (tertiary/aromatic N) is 3. The van der Waals surface area contributed by atoms with Crippen molar-refractivity contribution in [3.05, 3.63) is 46.5 Å². The Morgan fingerprint density at radius 3 is 2.70 bits per heavy atom. The van der Waals surface area contributed by atoms with E-state index >= 15 is 0 Å². The molecule has 0 saturated heterocycles. The molecule has 2 aromatic rings. The van der Waals surface area contributed by atoms with E-state index in [2.05, 4.69) is 9.59 Å². The molecule has 1 atom stereocenters. The summed E-state index contributed by atoms with van der Waals surface area (Å²) in [5.41, 5.74) is 1.96. The Morgan fingerprint density at radius 2 is 2.05 bits per heavy atom. The third-order valence-corrected chi connectivity index (χ3v) is 4.02. The maximum absolute atomic E-state index is 12.4. The van der Waals surface area contributed by atoms with Gasteiger partial charge in [0.15, 0.2) is 0 Å². The van der Waals surface area contributed by atoms with E-state index in [0.29, 0.717) is 17.8 Å². The fourth-order valence-electron chi connectivity index (χ4n) is 2.36. The van der Waals surface area contributed by atoms with E-state index in [1.807, 2.05) is 24.3 Å². The minimum atomic E-state index is -0.995. The van der Waals surface area contributed by atoms with Crippen molar-refractivity contribution in [3.8, 4) is 0 Å². The summed E-state index contributed by atoms with van der Waals surface area (Å²) < 4.78 is 3.65. The van der Waals surface area contributed by atoms with Crippen molar-refractivity contribution in [1.82, 2.24) is 14.5 Å². The number of aliphatic carboxylic acids is 1. The molecule has 2 heterocycles. The van der Waals surface area contributed by atoms with Gasteiger partial charge in [0.1, 0.15) is 10.9 Å². The smallest absolute Gasteiger partial charge is 0.326 e. The second-order valence-electron chi connectivity index (χ2n) is 4.54. The van der Waals surface area contributed by atoms with Gasteiger partial charge >= 0.3 is 5.97 Å². The number of amides is 1. The summed E-state index contributed by atoms with van der Waals surface area (Å²) in [6.07, 6.45) is 1.69. The van der Waals surface area contributed by atoms with Crippen LogP contribution in [0.5, 0.6) is 0 Å². The van der Waals surface area contributed by atoms with E-state index in [1.165, 1.54) is 11.1 Å². The van der Waals surface area contributed by atoms with Crippen LogP contribution in [-0.2, 0) is 17.8 Å². The van der Waals surface area contributed by atoms with Gasteiger partial charge in [-0.3, -0.25) is 4.79 Å². The Kier molecular flexibility index (Phi) is 3.19. The van der Waals surface area contributed by atoms with E-state index in [1.54, 1.807) is 0 Å². The van der Waals surface area contributed by atoms with Crippen molar-refractivity contribution in [2.24, 2.45) is 0 Å². The maximum atomic E-state index is 12.4. The molecule has 20 heavy (non-hydrogen) atoms.